The van der Waals surface area contributed by atoms with Crippen LogP contribution in [-0.4, -0.2) is 37.7 Å². The highest BCUT2D eigenvalue weighted by Crippen LogP contribution is 2.18. The number of urea groups is 1. The van der Waals surface area contributed by atoms with Gasteiger partial charge in [-0.15, -0.1) is 0 Å². The molecule has 0 aliphatic carbocycles. The topological polar surface area (TPSA) is 41.6 Å². The summed E-state index contributed by atoms with van der Waals surface area (Å²) in [7, 11) is 1.85. The Morgan fingerprint density at radius 3 is 2.60 bits per heavy atom. The summed E-state index contributed by atoms with van der Waals surface area (Å²) in [6.07, 6.45) is 3.29. The van der Waals surface area contributed by atoms with E-state index in [-0.39, 0.29) is 6.03 Å². The Kier molecular flexibility index (Phi) is 5.41. The summed E-state index contributed by atoms with van der Waals surface area (Å²) in [6, 6.07) is 7.81. The maximum atomic E-state index is 12.1. The average molecular weight is 276 g/mol. The number of hydrogen-bond acceptors (Lipinski definition) is 2. The van der Waals surface area contributed by atoms with Gasteiger partial charge in [0, 0.05) is 32.5 Å². The van der Waals surface area contributed by atoms with Gasteiger partial charge in [-0.2, -0.15) is 0 Å². The van der Waals surface area contributed by atoms with Crippen molar-refractivity contribution in [3.05, 3.63) is 29.8 Å². The first-order chi connectivity index (χ1) is 9.65. The lowest BCUT2D eigenvalue weighted by Gasteiger charge is -2.25. The Morgan fingerprint density at radius 1 is 1.30 bits per heavy atom. The van der Waals surface area contributed by atoms with E-state index in [0.717, 1.165) is 44.7 Å². The van der Waals surface area contributed by atoms with E-state index in [1.165, 1.54) is 5.56 Å². The van der Waals surface area contributed by atoms with Crippen LogP contribution in [0.4, 0.5) is 10.5 Å². The molecule has 110 valence electrons. The van der Waals surface area contributed by atoms with Gasteiger partial charge in [0.2, 0.25) is 0 Å². The number of anilines is 1. The number of amides is 2. The Labute approximate surface area is 121 Å². The number of hydrogen-bond donors (Lipinski definition) is 1. The number of carbonyl (C=O) groups is 1. The Bertz CT molecular complexity index is 425. The summed E-state index contributed by atoms with van der Waals surface area (Å²) in [5.74, 6) is 0.693. The quantitative estimate of drug-likeness (QED) is 0.917. The van der Waals surface area contributed by atoms with Gasteiger partial charge in [0.25, 0.3) is 0 Å². The monoisotopic (exact) mass is 276 g/mol. The van der Waals surface area contributed by atoms with Gasteiger partial charge in [-0.1, -0.05) is 17.7 Å². The largest absolute Gasteiger partial charge is 0.381 e. The lowest BCUT2D eigenvalue weighted by molar-refractivity contribution is 0.0621. The summed E-state index contributed by atoms with van der Waals surface area (Å²) in [6.45, 7) is 4.56. The number of aryl methyl sites for hydroxylation is 1. The fraction of sp³-hybridized carbons (Fsp3) is 0.562. The minimum atomic E-state index is -0.0408. The van der Waals surface area contributed by atoms with Gasteiger partial charge in [-0.25, -0.2) is 4.79 Å². The molecule has 1 fully saturated rings. The second-order valence-electron chi connectivity index (χ2n) is 5.56. The molecule has 0 spiro atoms. The predicted octanol–water partition coefficient (Wildman–Crippen LogP) is 3.28. The van der Waals surface area contributed by atoms with Crippen LogP contribution < -0.4 is 5.32 Å². The molecule has 1 aliphatic heterocycles. The number of nitrogens with zero attached hydrogens (tertiary/aromatic N) is 1. The van der Waals surface area contributed by atoms with Crippen molar-refractivity contribution < 1.29 is 9.53 Å². The summed E-state index contributed by atoms with van der Waals surface area (Å²) in [5.41, 5.74) is 2.04. The third-order valence-electron chi connectivity index (χ3n) is 3.86. The molecule has 2 amide bonds. The summed E-state index contributed by atoms with van der Waals surface area (Å²) >= 11 is 0. The molecule has 1 aliphatic rings. The van der Waals surface area contributed by atoms with E-state index in [0.29, 0.717) is 5.92 Å². The lowest BCUT2D eigenvalue weighted by atomic mass is 9.96. The first-order valence-corrected chi connectivity index (χ1v) is 7.31. The van der Waals surface area contributed by atoms with E-state index < -0.39 is 0 Å². The maximum Gasteiger partial charge on any atom is 0.321 e. The molecule has 20 heavy (non-hydrogen) atoms. The van der Waals surface area contributed by atoms with E-state index in [1.54, 1.807) is 4.90 Å². The number of carbonyl (C=O) groups excluding carboxylic acids is 1. The average Bonchev–Trinajstić information content (AvgIpc) is 2.48. The van der Waals surface area contributed by atoms with Crippen molar-refractivity contribution in [1.82, 2.24) is 4.90 Å². The van der Waals surface area contributed by atoms with E-state index in [2.05, 4.69) is 5.32 Å². The lowest BCUT2D eigenvalue weighted by Crippen LogP contribution is -2.33. The van der Waals surface area contributed by atoms with Gasteiger partial charge in [0.1, 0.15) is 0 Å². The van der Waals surface area contributed by atoms with Crippen molar-refractivity contribution in [2.45, 2.75) is 26.2 Å². The van der Waals surface area contributed by atoms with Crippen molar-refractivity contribution in [3.63, 3.8) is 0 Å². The van der Waals surface area contributed by atoms with E-state index >= 15 is 0 Å². The van der Waals surface area contributed by atoms with Crippen molar-refractivity contribution in [2.24, 2.45) is 5.92 Å². The third kappa shape index (κ3) is 4.53. The Hall–Kier alpha value is -1.55. The van der Waals surface area contributed by atoms with Gasteiger partial charge in [-0.05, 0) is 44.2 Å². The highest BCUT2D eigenvalue weighted by Gasteiger charge is 2.16. The molecule has 0 radical (unpaired) electrons. The smallest absolute Gasteiger partial charge is 0.321 e. The van der Waals surface area contributed by atoms with Gasteiger partial charge < -0.3 is 15.0 Å². The number of nitrogens with one attached hydrogen (secondary N) is 1. The first kappa shape index (κ1) is 14.9. The molecular formula is C16H24N2O2. The Morgan fingerprint density at radius 2 is 1.95 bits per heavy atom. The van der Waals surface area contributed by atoms with Gasteiger partial charge in [0.15, 0.2) is 0 Å². The van der Waals surface area contributed by atoms with E-state index in [4.69, 9.17) is 4.74 Å². The van der Waals surface area contributed by atoms with Crippen LogP contribution in [0.2, 0.25) is 0 Å². The van der Waals surface area contributed by atoms with Crippen LogP contribution in [0.1, 0.15) is 24.8 Å². The minimum Gasteiger partial charge on any atom is -0.381 e. The highest BCUT2D eigenvalue weighted by molar-refractivity contribution is 5.89. The zero-order valence-corrected chi connectivity index (χ0v) is 12.4. The number of benzene rings is 1. The summed E-state index contributed by atoms with van der Waals surface area (Å²) in [4.78, 5) is 13.8. The van der Waals surface area contributed by atoms with Gasteiger partial charge in [-0.3, -0.25) is 0 Å². The fourth-order valence-electron chi connectivity index (χ4n) is 2.37. The van der Waals surface area contributed by atoms with Crippen LogP contribution in [0.3, 0.4) is 0 Å². The van der Waals surface area contributed by atoms with Gasteiger partial charge in [0.05, 0.1) is 0 Å². The molecule has 1 saturated heterocycles. The van der Waals surface area contributed by atoms with Crippen LogP contribution in [0.15, 0.2) is 24.3 Å². The van der Waals surface area contributed by atoms with Gasteiger partial charge >= 0.3 is 6.03 Å². The normalized spacial score (nSPS) is 15.9. The molecule has 0 saturated carbocycles. The molecule has 0 unspecified atom stereocenters. The van der Waals surface area contributed by atoms with Crippen molar-refractivity contribution in [3.8, 4) is 0 Å². The first-order valence-electron chi connectivity index (χ1n) is 7.31. The maximum absolute atomic E-state index is 12.1. The molecule has 1 N–H and O–H groups in total. The number of rotatable bonds is 4. The highest BCUT2D eigenvalue weighted by atomic mass is 16.5. The molecule has 4 nitrogen and oxygen atoms in total. The SMILES string of the molecule is Cc1ccc(NC(=O)N(C)CCC2CCOCC2)cc1. The molecule has 1 aromatic rings. The van der Waals surface area contributed by atoms with E-state index in [9.17, 15) is 4.79 Å². The molecule has 1 heterocycles. The fourth-order valence-corrected chi connectivity index (χ4v) is 2.37. The third-order valence-corrected chi connectivity index (χ3v) is 3.86. The summed E-state index contributed by atoms with van der Waals surface area (Å²) < 4.78 is 5.35. The standard InChI is InChI=1S/C16H24N2O2/c1-13-3-5-15(6-4-13)17-16(19)18(2)10-7-14-8-11-20-12-9-14/h3-6,14H,7-12H2,1-2H3,(H,17,19). The second-order valence-corrected chi connectivity index (χ2v) is 5.56. The predicted molar refractivity (Wildman–Crippen MR) is 81.0 cm³/mol. The Balaban J connectivity index is 1.75. The molecule has 1 aromatic carbocycles. The van der Waals surface area contributed by atoms with Crippen LogP contribution in [-0.2, 0) is 4.74 Å². The molecule has 4 heteroatoms. The molecular weight excluding hydrogens is 252 g/mol. The molecule has 0 bridgehead atoms. The minimum absolute atomic E-state index is 0.0408. The van der Waals surface area contributed by atoms with Crippen molar-refractivity contribution in [2.75, 3.05) is 32.1 Å². The molecule has 0 aromatic heterocycles. The van der Waals surface area contributed by atoms with Crippen LogP contribution in [0, 0.1) is 12.8 Å². The van der Waals surface area contributed by atoms with Crippen molar-refractivity contribution >= 4 is 11.7 Å². The zero-order valence-electron chi connectivity index (χ0n) is 12.4. The number of ether oxygens (including phenoxy) is 1. The van der Waals surface area contributed by atoms with Crippen LogP contribution >= 0.6 is 0 Å². The van der Waals surface area contributed by atoms with Crippen LogP contribution in [0.5, 0.6) is 0 Å². The molecule has 0 atom stereocenters. The van der Waals surface area contributed by atoms with Crippen molar-refractivity contribution in [1.29, 1.82) is 0 Å². The zero-order chi connectivity index (χ0) is 14.4. The molecule has 2 rings (SSSR count). The second kappa shape index (κ2) is 7.29. The summed E-state index contributed by atoms with van der Waals surface area (Å²) in [5, 5.41) is 2.92. The van der Waals surface area contributed by atoms with Crippen LogP contribution in [0.25, 0.3) is 0 Å². The van der Waals surface area contributed by atoms with E-state index in [1.807, 2.05) is 38.2 Å².